The molecule has 3 amide bonds. The number of nitrogen functional groups attached to an aromatic ring is 1. The Kier molecular flexibility index (Phi) is 6.63. The number of benzene rings is 2. The van der Waals surface area contributed by atoms with Crippen LogP contribution in [-0.4, -0.2) is 28.9 Å². The van der Waals surface area contributed by atoms with E-state index < -0.39 is 28.9 Å². The van der Waals surface area contributed by atoms with E-state index in [0.717, 1.165) is 17.7 Å². The lowest BCUT2D eigenvalue weighted by molar-refractivity contribution is -0.384. The number of non-ortho nitro benzene ring substituents is 1. The lowest BCUT2D eigenvalue weighted by atomic mass is 10.1. The summed E-state index contributed by atoms with van der Waals surface area (Å²) >= 11 is 0. The molecule has 0 aliphatic carbocycles. The summed E-state index contributed by atoms with van der Waals surface area (Å²) in [7, 11) is 0. The van der Waals surface area contributed by atoms with Gasteiger partial charge in [0.2, 0.25) is 0 Å². The summed E-state index contributed by atoms with van der Waals surface area (Å²) in [5, 5.41) is 15.3. The van der Waals surface area contributed by atoms with E-state index in [4.69, 9.17) is 10.5 Å². The molecule has 0 spiro atoms. The molecule has 0 aromatic heterocycles. The second-order valence-corrected chi connectivity index (χ2v) is 5.73. The van der Waals surface area contributed by atoms with Crippen LogP contribution in [0.2, 0.25) is 0 Å². The first-order chi connectivity index (χ1) is 13.3. The van der Waals surface area contributed by atoms with Crippen molar-refractivity contribution in [3.8, 4) is 0 Å². The Morgan fingerprint density at radius 1 is 1.18 bits per heavy atom. The van der Waals surface area contributed by atoms with Crippen LogP contribution in [0, 0.1) is 10.1 Å². The summed E-state index contributed by atoms with van der Waals surface area (Å²) in [6.07, 6.45) is -1.33. The number of rotatable bonds is 6. The molecule has 0 radical (unpaired) electrons. The maximum Gasteiger partial charge on any atom is 0.341 e. The largest absolute Gasteiger partial charge is 0.449 e. The summed E-state index contributed by atoms with van der Waals surface area (Å²) in [6, 6.07) is 11.6. The third kappa shape index (κ3) is 5.53. The van der Waals surface area contributed by atoms with Gasteiger partial charge in [-0.2, -0.15) is 0 Å². The van der Waals surface area contributed by atoms with E-state index >= 15 is 0 Å². The van der Waals surface area contributed by atoms with E-state index in [-0.39, 0.29) is 23.5 Å². The van der Waals surface area contributed by atoms with Gasteiger partial charge in [-0.25, -0.2) is 9.59 Å². The van der Waals surface area contributed by atoms with E-state index in [1.54, 1.807) is 24.3 Å². The molecule has 0 aliphatic heterocycles. The summed E-state index contributed by atoms with van der Waals surface area (Å²) in [5.74, 6) is -1.88. The Labute approximate surface area is 159 Å². The minimum Gasteiger partial charge on any atom is -0.449 e. The van der Waals surface area contributed by atoms with E-state index in [2.05, 4.69) is 5.32 Å². The van der Waals surface area contributed by atoms with Gasteiger partial charge in [0, 0.05) is 24.4 Å². The van der Waals surface area contributed by atoms with Crippen molar-refractivity contribution < 1.29 is 24.0 Å². The molecular weight excluding hydrogens is 368 g/mol. The van der Waals surface area contributed by atoms with Gasteiger partial charge in [0.1, 0.15) is 0 Å². The van der Waals surface area contributed by atoms with Gasteiger partial charge >= 0.3 is 12.0 Å². The molecule has 10 nitrogen and oxygen atoms in total. The molecule has 0 heterocycles. The zero-order valence-electron chi connectivity index (χ0n) is 14.9. The first-order valence-electron chi connectivity index (χ1n) is 8.15. The Balaban J connectivity index is 1.91. The van der Waals surface area contributed by atoms with Crippen molar-refractivity contribution in [2.24, 2.45) is 0 Å². The number of nitrogens with two attached hydrogens (primary N) is 1. The van der Waals surface area contributed by atoms with Crippen molar-refractivity contribution in [1.29, 1.82) is 0 Å². The molecular formula is C18H18N4O6. The Morgan fingerprint density at radius 2 is 1.86 bits per heavy atom. The van der Waals surface area contributed by atoms with Crippen molar-refractivity contribution >= 4 is 29.3 Å². The van der Waals surface area contributed by atoms with Crippen LogP contribution in [0.5, 0.6) is 0 Å². The topological polar surface area (TPSA) is 154 Å². The normalized spacial score (nSPS) is 11.2. The highest BCUT2D eigenvalue weighted by Crippen LogP contribution is 2.20. The average Bonchev–Trinajstić information content (AvgIpc) is 2.67. The van der Waals surface area contributed by atoms with Gasteiger partial charge in [0.05, 0.1) is 10.5 Å². The first-order valence-corrected chi connectivity index (χ1v) is 8.15. The molecule has 0 unspecified atom stereocenters. The number of ether oxygens (including phenoxy) is 1. The molecule has 28 heavy (non-hydrogen) atoms. The molecule has 4 N–H and O–H groups in total. The standard InChI is InChI=1S/C18H18N4O6/c1-11(16(23)21-18(25)20-10-12-5-3-2-4-6-12)28-17(24)14-9-13(22(26)27)7-8-15(14)19/h2-9,11H,10,19H2,1H3,(H2,20,21,23,25)/t11-/m1/s1. The fourth-order valence-corrected chi connectivity index (χ4v) is 2.15. The Bertz CT molecular complexity index is 900. The summed E-state index contributed by atoms with van der Waals surface area (Å²) in [6.45, 7) is 1.46. The SMILES string of the molecule is C[C@@H](OC(=O)c1cc([N+](=O)[O-])ccc1N)C(=O)NC(=O)NCc1ccccc1. The molecule has 1 atom stereocenters. The number of carbonyl (C=O) groups excluding carboxylic acids is 3. The number of imide groups is 1. The van der Waals surface area contributed by atoms with Crippen LogP contribution >= 0.6 is 0 Å². The highest BCUT2D eigenvalue weighted by atomic mass is 16.6. The van der Waals surface area contributed by atoms with Crippen molar-refractivity contribution in [2.45, 2.75) is 19.6 Å². The number of amides is 3. The minimum absolute atomic E-state index is 0.0381. The van der Waals surface area contributed by atoms with Crippen LogP contribution in [0.4, 0.5) is 16.2 Å². The molecule has 0 saturated heterocycles. The van der Waals surface area contributed by atoms with Gasteiger partial charge in [-0.15, -0.1) is 0 Å². The van der Waals surface area contributed by atoms with E-state index in [9.17, 15) is 24.5 Å². The fourth-order valence-electron chi connectivity index (χ4n) is 2.15. The molecule has 0 saturated carbocycles. The van der Waals surface area contributed by atoms with Gasteiger partial charge < -0.3 is 15.8 Å². The average molecular weight is 386 g/mol. The number of urea groups is 1. The summed E-state index contributed by atoms with van der Waals surface area (Å²) < 4.78 is 4.94. The number of nitrogens with one attached hydrogen (secondary N) is 2. The lowest BCUT2D eigenvalue weighted by Gasteiger charge is -2.14. The zero-order valence-corrected chi connectivity index (χ0v) is 14.9. The van der Waals surface area contributed by atoms with Crippen LogP contribution in [0.25, 0.3) is 0 Å². The van der Waals surface area contributed by atoms with Gasteiger partial charge in [-0.1, -0.05) is 30.3 Å². The van der Waals surface area contributed by atoms with Gasteiger partial charge in [-0.05, 0) is 18.6 Å². The second-order valence-electron chi connectivity index (χ2n) is 5.73. The molecule has 2 aromatic carbocycles. The number of nitro benzene ring substituents is 1. The first kappa shape index (κ1) is 20.4. The van der Waals surface area contributed by atoms with E-state index in [0.29, 0.717) is 0 Å². The van der Waals surface area contributed by atoms with E-state index in [1.165, 1.54) is 13.0 Å². The number of nitro groups is 1. The second kappa shape index (κ2) is 9.12. The fraction of sp³-hybridized carbons (Fsp3) is 0.167. The Hall–Kier alpha value is -3.95. The van der Waals surface area contributed by atoms with Crippen LogP contribution < -0.4 is 16.4 Å². The maximum absolute atomic E-state index is 12.1. The van der Waals surface area contributed by atoms with Crippen LogP contribution in [-0.2, 0) is 16.1 Å². The predicted octanol–water partition coefficient (Wildman–Crippen LogP) is 1.75. The highest BCUT2D eigenvalue weighted by molar-refractivity contribution is 6.00. The van der Waals surface area contributed by atoms with Crippen LogP contribution in [0.15, 0.2) is 48.5 Å². The summed E-state index contributed by atoms with van der Waals surface area (Å²) in [4.78, 5) is 46.0. The number of hydrogen-bond donors (Lipinski definition) is 3. The van der Waals surface area contributed by atoms with E-state index in [1.807, 2.05) is 11.4 Å². The molecule has 0 bridgehead atoms. The minimum atomic E-state index is -1.33. The van der Waals surface area contributed by atoms with Crippen molar-refractivity contribution in [3.05, 3.63) is 69.8 Å². The Morgan fingerprint density at radius 3 is 2.50 bits per heavy atom. The lowest BCUT2D eigenvalue weighted by Crippen LogP contribution is -2.44. The zero-order chi connectivity index (χ0) is 20.7. The van der Waals surface area contributed by atoms with Crippen molar-refractivity contribution in [2.75, 3.05) is 5.73 Å². The van der Waals surface area contributed by atoms with Crippen LogP contribution in [0.3, 0.4) is 0 Å². The smallest absolute Gasteiger partial charge is 0.341 e. The monoisotopic (exact) mass is 386 g/mol. The summed E-state index contributed by atoms with van der Waals surface area (Å²) in [5.41, 5.74) is 5.83. The quantitative estimate of drug-likeness (QED) is 0.296. The molecule has 10 heteroatoms. The highest BCUT2D eigenvalue weighted by Gasteiger charge is 2.23. The number of hydrogen-bond acceptors (Lipinski definition) is 7. The third-order valence-electron chi connectivity index (χ3n) is 3.65. The molecule has 0 fully saturated rings. The van der Waals surface area contributed by atoms with Crippen LogP contribution in [0.1, 0.15) is 22.8 Å². The molecule has 2 aromatic rings. The molecule has 2 rings (SSSR count). The molecule has 0 aliphatic rings. The van der Waals surface area contributed by atoms with Gasteiger partial charge in [0.25, 0.3) is 11.6 Å². The van der Waals surface area contributed by atoms with Crippen molar-refractivity contribution in [3.63, 3.8) is 0 Å². The van der Waals surface area contributed by atoms with Crippen molar-refractivity contribution in [1.82, 2.24) is 10.6 Å². The van der Waals surface area contributed by atoms with Gasteiger partial charge in [-0.3, -0.25) is 20.2 Å². The molecule has 146 valence electrons. The van der Waals surface area contributed by atoms with Gasteiger partial charge in [0.15, 0.2) is 6.10 Å². The number of nitrogens with zero attached hydrogens (tertiary/aromatic N) is 1. The number of esters is 1. The third-order valence-corrected chi connectivity index (χ3v) is 3.65. The number of anilines is 1. The predicted molar refractivity (Wildman–Crippen MR) is 99.2 cm³/mol. The number of carbonyl (C=O) groups is 3. The maximum atomic E-state index is 12.1.